The van der Waals surface area contributed by atoms with E-state index in [1.54, 1.807) is 0 Å². The summed E-state index contributed by atoms with van der Waals surface area (Å²) in [6.07, 6.45) is 0. The summed E-state index contributed by atoms with van der Waals surface area (Å²) in [5.41, 5.74) is 17.9. The van der Waals surface area contributed by atoms with Gasteiger partial charge in [0.2, 0.25) is 0 Å². The molecular weight excluding hydrogens is 711 g/mol. The van der Waals surface area contributed by atoms with Gasteiger partial charge in [-0.25, -0.2) is 0 Å². The third-order valence-electron chi connectivity index (χ3n) is 11.3. The summed E-state index contributed by atoms with van der Waals surface area (Å²) in [6, 6.07) is 89.6. The summed E-state index contributed by atoms with van der Waals surface area (Å²) in [4.78, 5) is 2.33. The minimum absolute atomic E-state index is 1.10. The predicted octanol–water partition coefficient (Wildman–Crippen LogP) is 16.3. The van der Waals surface area contributed by atoms with Gasteiger partial charge in [0.25, 0.3) is 0 Å². The molecule has 0 saturated carbocycles. The van der Waals surface area contributed by atoms with E-state index < -0.39 is 0 Å². The Bertz CT molecular complexity index is 2980. The Kier molecular flexibility index (Phi) is 9.68. The van der Waals surface area contributed by atoms with E-state index in [0.29, 0.717) is 0 Å². The first-order valence-corrected chi connectivity index (χ1v) is 20.3. The lowest BCUT2D eigenvalue weighted by Crippen LogP contribution is -2.09. The Balaban J connectivity index is 0.940. The fraction of sp³-hybridized carbons (Fsp3) is 0. The maximum atomic E-state index is 2.33. The largest absolute Gasteiger partial charge is 0.311 e. The van der Waals surface area contributed by atoms with Gasteiger partial charge < -0.3 is 4.90 Å². The third kappa shape index (κ3) is 7.23. The van der Waals surface area contributed by atoms with Gasteiger partial charge in [0.1, 0.15) is 0 Å². The zero-order chi connectivity index (χ0) is 39.4. The number of anilines is 3. The van der Waals surface area contributed by atoms with Gasteiger partial charge >= 0.3 is 0 Å². The van der Waals surface area contributed by atoms with E-state index in [1.807, 2.05) is 0 Å². The molecule has 0 amide bonds. The van der Waals surface area contributed by atoms with Crippen LogP contribution in [0.3, 0.4) is 0 Å². The summed E-state index contributed by atoms with van der Waals surface area (Å²) in [6.45, 7) is 0. The van der Waals surface area contributed by atoms with E-state index in [2.05, 4.69) is 254 Å². The zero-order valence-electron chi connectivity index (χ0n) is 32.6. The molecule has 10 rings (SSSR count). The first kappa shape index (κ1) is 35.7. The Labute approximate surface area is 346 Å². The molecule has 0 fully saturated rings. The standard InChI is InChI=1S/C58H41N/c1-4-15-45(16-5-1)54-25-10-11-26-55(54)47-31-29-42(30-32-47)43-33-37-52(38-34-43)59(51-23-8-3-9-24-51)53-39-35-44(36-40-53)49-21-12-22-50(41-49)57-28-14-20-48-19-13-27-56(58(48)57)46-17-6-2-7-18-46/h1-41H. The Morgan fingerprint density at radius 1 is 0.203 bits per heavy atom. The van der Waals surface area contributed by atoms with E-state index in [0.717, 1.165) is 17.1 Å². The average molecular weight is 752 g/mol. The summed E-state index contributed by atoms with van der Waals surface area (Å²) in [5, 5.41) is 2.52. The fourth-order valence-electron chi connectivity index (χ4n) is 8.38. The molecular formula is C58H41N. The normalized spacial score (nSPS) is 11.1. The van der Waals surface area contributed by atoms with Gasteiger partial charge in [0.05, 0.1) is 0 Å². The van der Waals surface area contributed by atoms with Crippen molar-refractivity contribution in [2.45, 2.75) is 0 Å². The second-order valence-corrected chi connectivity index (χ2v) is 14.9. The Morgan fingerprint density at radius 2 is 0.542 bits per heavy atom. The van der Waals surface area contributed by atoms with Crippen molar-refractivity contribution in [1.82, 2.24) is 0 Å². The van der Waals surface area contributed by atoms with E-state index in [-0.39, 0.29) is 0 Å². The van der Waals surface area contributed by atoms with Crippen molar-refractivity contribution in [1.29, 1.82) is 0 Å². The second kappa shape index (κ2) is 16.0. The van der Waals surface area contributed by atoms with Crippen LogP contribution in [-0.2, 0) is 0 Å². The van der Waals surface area contributed by atoms with E-state index in [1.165, 1.54) is 77.5 Å². The van der Waals surface area contributed by atoms with Crippen LogP contribution in [0.2, 0.25) is 0 Å². The minimum Gasteiger partial charge on any atom is -0.311 e. The predicted molar refractivity (Wildman–Crippen MR) is 251 cm³/mol. The maximum absolute atomic E-state index is 2.33. The Hall–Kier alpha value is -7.74. The molecule has 0 heterocycles. The molecule has 0 unspecified atom stereocenters. The van der Waals surface area contributed by atoms with Crippen molar-refractivity contribution in [2.75, 3.05) is 4.90 Å². The Morgan fingerprint density at radius 3 is 1.10 bits per heavy atom. The minimum atomic E-state index is 1.10. The maximum Gasteiger partial charge on any atom is 0.0462 e. The number of nitrogens with zero attached hydrogens (tertiary/aromatic N) is 1. The van der Waals surface area contributed by atoms with Gasteiger partial charge in [-0.3, -0.25) is 0 Å². The molecule has 1 heteroatoms. The van der Waals surface area contributed by atoms with Crippen molar-refractivity contribution in [2.24, 2.45) is 0 Å². The van der Waals surface area contributed by atoms with Gasteiger partial charge in [-0.05, 0) is 120 Å². The summed E-state index contributed by atoms with van der Waals surface area (Å²) < 4.78 is 0. The van der Waals surface area contributed by atoms with Crippen LogP contribution in [0.5, 0.6) is 0 Å². The number of hydrogen-bond acceptors (Lipinski definition) is 1. The van der Waals surface area contributed by atoms with Crippen LogP contribution < -0.4 is 4.90 Å². The van der Waals surface area contributed by atoms with Crippen LogP contribution in [0, 0.1) is 0 Å². The van der Waals surface area contributed by atoms with Gasteiger partial charge in [0.15, 0.2) is 0 Å². The summed E-state index contributed by atoms with van der Waals surface area (Å²) in [7, 11) is 0. The highest BCUT2D eigenvalue weighted by Crippen LogP contribution is 2.40. The smallest absolute Gasteiger partial charge is 0.0462 e. The SMILES string of the molecule is c1ccc(-c2ccccc2-c2ccc(-c3ccc(N(c4ccccc4)c4ccc(-c5cccc(-c6cccc7cccc(-c8ccccc8)c67)c5)cc4)cc3)cc2)cc1. The van der Waals surface area contributed by atoms with E-state index >= 15 is 0 Å². The first-order valence-electron chi connectivity index (χ1n) is 20.3. The number of fused-ring (bicyclic) bond motifs is 1. The van der Waals surface area contributed by atoms with Crippen LogP contribution in [0.1, 0.15) is 0 Å². The number of hydrogen-bond donors (Lipinski definition) is 0. The molecule has 0 aliphatic carbocycles. The van der Waals surface area contributed by atoms with Crippen LogP contribution in [-0.4, -0.2) is 0 Å². The molecule has 0 atom stereocenters. The quantitative estimate of drug-likeness (QED) is 0.142. The summed E-state index contributed by atoms with van der Waals surface area (Å²) in [5.74, 6) is 0. The highest BCUT2D eigenvalue weighted by Gasteiger charge is 2.15. The van der Waals surface area contributed by atoms with E-state index in [4.69, 9.17) is 0 Å². The van der Waals surface area contributed by atoms with Crippen molar-refractivity contribution >= 4 is 27.8 Å². The second-order valence-electron chi connectivity index (χ2n) is 14.9. The molecule has 59 heavy (non-hydrogen) atoms. The lowest BCUT2D eigenvalue weighted by molar-refractivity contribution is 1.28. The molecule has 0 saturated heterocycles. The molecule has 0 radical (unpaired) electrons. The lowest BCUT2D eigenvalue weighted by Gasteiger charge is -2.26. The summed E-state index contributed by atoms with van der Waals surface area (Å²) >= 11 is 0. The first-order chi connectivity index (χ1) is 29.3. The van der Waals surface area contributed by atoms with Crippen LogP contribution in [0.4, 0.5) is 17.1 Å². The molecule has 0 aliphatic heterocycles. The van der Waals surface area contributed by atoms with Gasteiger partial charge in [-0.15, -0.1) is 0 Å². The lowest BCUT2D eigenvalue weighted by atomic mass is 9.90. The molecule has 10 aromatic carbocycles. The number of rotatable bonds is 9. The van der Waals surface area contributed by atoms with Gasteiger partial charge in [-0.1, -0.05) is 206 Å². The van der Waals surface area contributed by atoms with Crippen LogP contribution >= 0.6 is 0 Å². The molecule has 0 N–H and O–H groups in total. The number of para-hydroxylation sites is 1. The van der Waals surface area contributed by atoms with Crippen molar-refractivity contribution in [3.8, 4) is 66.8 Å². The molecule has 10 aromatic rings. The molecule has 278 valence electrons. The topological polar surface area (TPSA) is 3.24 Å². The highest BCUT2D eigenvalue weighted by molar-refractivity contribution is 6.06. The van der Waals surface area contributed by atoms with Crippen molar-refractivity contribution < 1.29 is 0 Å². The van der Waals surface area contributed by atoms with E-state index in [9.17, 15) is 0 Å². The van der Waals surface area contributed by atoms with Crippen LogP contribution in [0.25, 0.3) is 77.5 Å². The zero-order valence-corrected chi connectivity index (χ0v) is 32.6. The van der Waals surface area contributed by atoms with Crippen molar-refractivity contribution in [3.05, 3.63) is 249 Å². The molecule has 0 spiro atoms. The van der Waals surface area contributed by atoms with Crippen LogP contribution in [0.15, 0.2) is 249 Å². The van der Waals surface area contributed by atoms with Gasteiger partial charge in [0, 0.05) is 17.1 Å². The highest BCUT2D eigenvalue weighted by atomic mass is 15.1. The molecule has 0 aliphatic rings. The monoisotopic (exact) mass is 751 g/mol. The number of benzene rings is 10. The fourth-order valence-corrected chi connectivity index (χ4v) is 8.38. The molecule has 0 aromatic heterocycles. The molecule has 0 bridgehead atoms. The van der Waals surface area contributed by atoms with Crippen molar-refractivity contribution in [3.63, 3.8) is 0 Å². The average Bonchev–Trinajstić information content (AvgIpc) is 3.33. The molecule has 1 nitrogen and oxygen atoms in total. The third-order valence-corrected chi connectivity index (χ3v) is 11.3. The van der Waals surface area contributed by atoms with Gasteiger partial charge in [-0.2, -0.15) is 0 Å².